The van der Waals surface area contributed by atoms with Crippen LogP contribution in [-0.4, -0.2) is 39.4 Å². The summed E-state index contributed by atoms with van der Waals surface area (Å²) in [5, 5.41) is 3.00. The van der Waals surface area contributed by atoms with Crippen molar-refractivity contribution in [3.8, 4) is 11.5 Å². The normalized spacial score (nSPS) is 15.7. The van der Waals surface area contributed by atoms with Gasteiger partial charge in [-0.05, 0) is 43.4 Å². The molecule has 3 N–H and O–H groups in total. The number of nitrogens with two attached hydrogens (primary N) is 1. The van der Waals surface area contributed by atoms with Crippen molar-refractivity contribution in [2.75, 3.05) is 27.4 Å². The minimum absolute atomic E-state index is 0.295. The molecule has 0 radical (unpaired) electrons. The Balaban J connectivity index is 1.97. The number of rotatable bonds is 8. The first kappa shape index (κ1) is 17.4. The van der Waals surface area contributed by atoms with Crippen LogP contribution in [0.4, 0.5) is 0 Å². The zero-order valence-electron chi connectivity index (χ0n) is 14.0. The fourth-order valence-electron chi connectivity index (χ4n) is 2.61. The van der Waals surface area contributed by atoms with Crippen LogP contribution in [0.1, 0.15) is 31.2 Å². The summed E-state index contributed by atoms with van der Waals surface area (Å²) < 4.78 is 16.4. The summed E-state index contributed by atoms with van der Waals surface area (Å²) in [5.74, 6) is 1.96. The minimum atomic E-state index is 0.295. The molecule has 1 saturated carbocycles. The van der Waals surface area contributed by atoms with Gasteiger partial charge in [-0.3, -0.25) is 0 Å². The molecular weight excluding hydrogens is 294 g/mol. The van der Waals surface area contributed by atoms with Gasteiger partial charge in [-0.1, -0.05) is 6.07 Å². The number of hydrogen-bond donors (Lipinski definition) is 2. The first-order chi connectivity index (χ1) is 11.2. The van der Waals surface area contributed by atoms with E-state index in [0.717, 1.165) is 29.9 Å². The van der Waals surface area contributed by atoms with Gasteiger partial charge in [0.1, 0.15) is 0 Å². The van der Waals surface area contributed by atoms with Crippen LogP contribution in [-0.2, 0) is 11.3 Å². The van der Waals surface area contributed by atoms with Crippen LogP contribution in [0.2, 0.25) is 0 Å². The second-order valence-electron chi connectivity index (χ2n) is 5.63. The molecular formula is C17H27N3O3. The van der Waals surface area contributed by atoms with Crippen LogP contribution >= 0.6 is 0 Å². The molecule has 0 heterocycles. The molecule has 0 aromatic heterocycles. The van der Waals surface area contributed by atoms with E-state index < -0.39 is 0 Å². The second kappa shape index (κ2) is 9.25. The molecule has 0 aliphatic heterocycles. The van der Waals surface area contributed by atoms with Gasteiger partial charge in [-0.25, -0.2) is 4.99 Å². The molecule has 128 valence electrons. The molecule has 0 bridgehead atoms. The predicted molar refractivity (Wildman–Crippen MR) is 91.1 cm³/mol. The summed E-state index contributed by atoms with van der Waals surface area (Å²) in [5.41, 5.74) is 6.85. The highest BCUT2D eigenvalue weighted by Crippen LogP contribution is 2.32. The van der Waals surface area contributed by atoms with Crippen LogP contribution in [0.5, 0.6) is 11.5 Å². The highest BCUT2D eigenvalue weighted by Gasteiger charge is 2.18. The Morgan fingerprint density at radius 3 is 2.74 bits per heavy atom. The number of guanidine groups is 1. The molecule has 1 aliphatic rings. The van der Waals surface area contributed by atoms with E-state index in [1.807, 2.05) is 18.2 Å². The molecule has 2 rings (SSSR count). The van der Waals surface area contributed by atoms with Gasteiger partial charge in [0.05, 0.1) is 26.4 Å². The van der Waals surface area contributed by atoms with Crippen molar-refractivity contribution in [3.05, 3.63) is 23.8 Å². The predicted octanol–water partition coefficient (Wildman–Crippen LogP) is 2.07. The summed E-state index contributed by atoms with van der Waals surface area (Å²) in [6.45, 7) is 1.74. The Hall–Kier alpha value is -1.95. The average molecular weight is 321 g/mol. The standard InChI is InChI=1S/C17H27N3O3/c1-21-10-9-19-17(18)20-12-13-7-8-15(22-2)16(11-13)23-14-5-3-4-6-14/h7-8,11,14H,3-6,9-10,12H2,1-2H3,(H3,18,19,20). The molecule has 6 nitrogen and oxygen atoms in total. The van der Waals surface area contributed by atoms with E-state index in [1.54, 1.807) is 14.2 Å². The van der Waals surface area contributed by atoms with E-state index in [4.69, 9.17) is 19.9 Å². The molecule has 1 fully saturated rings. The Morgan fingerprint density at radius 2 is 2.04 bits per heavy atom. The fraction of sp³-hybridized carbons (Fsp3) is 0.588. The van der Waals surface area contributed by atoms with Crippen LogP contribution < -0.4 is 20.5 Å². The highest BCUT2D eigenvalue weighted by molar-refractivity contribution is 5.77. The molecule has 0 spiro atoms. The van der Waals surface area contributed by atoms with Crippen molar-refractivity contribution >= 4 is 5.96 Å². The number of aliphatic imine (C=N–C) groups is 1. The Labute approximate surface area is 138 Å². The van der Waals surface area contributed by atoms with Crippen molar-refractivity contribution < 1.29 is 14.2 Å². The van der Waals surface area contributed by atoms with E-state index in [1.165, 1.54) is 12.8 Å². The number of ether oxygens (including phenoxy) is 3. The van der Waals surface area contributed by atoms with Crippen LogP contribution in [0.3, 0.4) is 0 Å². The maximum absolute atomic E-state index is 6.09. The zero-order chi connectivity index (χ0) is 16.5. The van der Waals surface area contributed by atoms with Gasteiger partial charge in [-0.15, -0.1) is 0 Å². The average Bonchev–Trinajstić information content (AvgIpc) is 3.06. The summed E-state index contributed by atoms with van der Waals surface area (Å²) in [7, 11) is 3.31. The maximum Gasteiger partial charge on any atom is 0.188 e. The lowest BCUT2D eigenvalue weighted by Crippen LogP contribution is -2.34. The van der Waals surface area contributed by atoms with Gasteiger partial charge >= 0.3 is 0 Å². The zero-order valence-corrected chi connectivity index (χ0v) is 14.0. The first-order valence-electron chi connectivity index (χ1n) is 8.09. The third-order valence-electron chi connectivity index (χ3n) is 3.87. The number of nitrogens with zero attached hydrogens (tertiary/aromatic N) is 1. The number of nitrogens with one attached hydrogen (secondary N) is 1. The fourth-order valence-corrected chi connectivity index (χ4v) is 2.61. The van der Waals surface area contributed by atoms with Gasteiger partial charge in [-0.2, -0.15) is 0 Å². The van der Waals surface area contributed by atoms with Gasteiger partial charge in [0.25, 0.3) is 0 Å². The van der Waals surface area contributed by atoms with Crippen molar-refractivity contribution in [1.82, 2.24) is 5.32 Å². The third kappa shape index (κ3) is 5.63. The van der Waals surface area contributed by atoms with Gasteiger partial charge in [0.2, 0.25) is 0 Å². The molecule has 23 heavy (non-hydrogen) atoms. The summed E-state index contributed by atoms with van der Waals surface area (Å²) in [4.78, 5) is 4.33. The largest absolute Gasteiger partial charge is 0.493 e. The van der Waals surface area contributed by atoms with E-state index in [0.29, 0.717) is 31.8 Å². The summed E-state index contributed by atoms with van der Waals surface area (Å²) >= 11 is 0. The van der Waals surface area contributed by atoms with Gasteiger partial charge < -0.3 is 25.3 Å². The Bertz CT molecular complexity index is 514. The number of benzene rings is 1. The summed E-state index contributed by atoms with van der Waals surface area (Å²) in [6, 6.07) is 5.89. The van der Waals surface area contributed by atoms with Crippen LogP contribution in [0.25, 0.3) is 0 Å². The van der Waals surface area contributed by atoms with Crippen molar-refractivity contribution in [1.29, 1.82) is 0 Å². The lowest BCUT2D eigenvalue weighted by atomic mass is 10.2. The SMILES string of the molecule is COCCNC(N)=NCc1ccc(OC)c(OC2CCCC2)c1. The summed E-state index contributed by atoms with van der Waals surface area (Å²) in [6.07, 6.45) is 4.99. The molecule has 0 amide bonds. The monoisotopic (exact) mass is 321 g/mol. The molecule has 1 aromatic carbocycles. The maximum atomic E-state index is 6.09. The molecule has 0 atom stereocenters. The first-order valence-corrected chi connectivity index (χ1v) is 8.09. The quantitative estimate of drug-likeness (QED) is 0.435. The van der Waals surface area contributed by atoms with Crippen LogP contribution in [0, 0.1) is 0 Å². The second-order valence-corrected chi connectivity index (χ2v) is 5.63. The third-order valence-corrected chi connectivity index (χ3v) is 3.87. The smallest absolute Gasteiger partial charge is 0.188 e. The van der Waals surface area contributed by atoms with E-state index in [2.05, 4.69) is 10.3 Å². The minimum Gasteiger partial charge on any atom is -0.493 e. The van der Waals surface area contributed by atoms with Gasteiger partial charge in [0.15, 0.2) is 17.5 Å². The lowest BCUT2D eigenvalue weighted by molar-refractivity contribution is 0.200. The Morgan fingerprint density at radius 1 is 1.26 bits per heavy atom. The van der Waals surface area contributed by atoms with E-state index >= 15 is 0 Å². The van der Waals surface area contributed by atoms with E-state index in [-0.39, 0.29) is 0 Å². The van der Waals surface area contributed by atoms with E-state index in [9.17, 15) is 0 Å². The van der Waals surface area contributed by atoms with Crippen molar-refractivity contribution in [3.63, 3.8) is 0 Å². The van der Waals surface area contributed by atoms with Crippen molar-refractivity contribution in [2.24, 2.45) is 10.7 Å². The molecule has 6 heteroatoms. The topological polar surface area (TPSA) is 78.1 Å². The number of methoxy groups -OCH3 is 2. The number of hydrogen-bond acceptors (Lipinski definition) is 4. The van der Waals surface area contributed by atoms with Crippen molar-refractivity contribution in [2.45, 2.75) is 38.3 Å². The molecule has 1 aliphatic carbocycles. The molecule has 1 aromatic rings. The molecule has 0 unspecified atom stereocenters. The Kier molecular flexibility index (Phi) is 7.00. The lowest BCUT2D eigenvalue weighted by Gasteiger charge is -2.16. The van der Waals surface area contributed by atoms with Gasteiger partial charge in [0, 0.05) is 13.7 Å². The van der Waals surface area contributed by atoms with Crippen LogP contribution in [0.15, 0.2) is 23.2 Å². The highest BCUT2D eigenvalue weighted by atomic mass is 16.5. The molecule has 0 saturated heterocycles.